The molecule has 142 valence electrons. The Kier molecular flexibility index (Phi) is 5.36. The number of nitrogens with zero attached hydrogens (tertiary/aromatic N) is 2. The van der Waals surface area contributed by atoms with E-state index >= 15 is 0 Å². The molecule has 2 aromatic rings. The average molecular weight is 364 g/mol. The van der Waals surface area contributed by atoms with Crippen LogP contribution in [-0.4, -0.2) is 29.4 Å². The maximum Gasteiger partial charge on any atom is 0.335 e. The van der Waals surface area contributed by atoms with E-state index in [1.165, 1.54) is 11.3 Å². The van der Waals surface area contributed by atoms with Crippen molar-refractivity contribution in [1.29, 1.82) is 0 Å². The van der Waals surface area contributed by atoms with E-state index in [9.17, 15) is 4.79 Å². The predicted molar refractivity (Wildman–Crippen MR) is 112 cm³/mol. The number of hydrogen-bond donors (Lipinski definition) is 1. The summed E-state index contributed by atoms with van der Waals surface area (Å²) in [7, 11) is 0. The molecule has 1 aliphatic rings. The lowest BCUT2D eigenvalue weighted by Gasteiger charge is -2.47. The minimum atomic E-state index is -0.922. The van der Waals surface area contributed by atoms with E-state index in [1.807, 2.05) is 6.21 Å². The van der Waals surface area contributed by atoms with E-state index in [4.69, 9.17) is 5.11 Å². The van der Waals surface area contributed by atoms with Gasteiger partial charge in [0.1, 0.15) is 0 Å². The standard InChI is InChI=1S/C23H28N2O2/c1-5-12-25-21-11-6-17(13-20(21)16(2)14-23(25,3)4)15-24-19-9-7-18(8-10-19)22(26)27/h6-11,13,15-16H,5,12,14H2,1-4H3,(H,26,27). The van der Waals surface area contributed by atoms with Crippen molar-refractivity contribution in [2.24, 2.45) is 4.99 Å². The van der Waals surface area contributed by atoms with Gasteiger partial charge in [-0.05, 0) is 80.1 Å². The number of carboxylic acids is 1. The summed E-state index contributed by atoms with van der Waals surface area (Å²) in [5.41, 5.74) is 4.98. The average Bonchev–Trinajstić information content (AvgIpc) is 2.63. The van der Waals surface area contributed by atoms with Crippen LogP contribution in [-0.2, 0) is 0 Å². The maximum absolute atomic E-state index is 10.9. The molecule has 0 amide bonds. The van der Waals surface area contributed by atoms with Crippen molar-refractivity contribution in [3.05, 3.63) is 59.2 Å². The Morgan fingerprint density at radius 1 is 1.26 bits per heavy atom. The van der Waals surface area contributed by atoms with Gasteiger partial charge in [0.15, 0.2) is 0 Å². The molecule has 27 heavy (non-hydrogen) atoms. The van der Waals surface area contributed by atoms with Gasteiger partial charge in [-0.3, -0.25) is 4.99 Å². The van der Waals surface area contributed by atoms with Crippen molar-refractivity contribution >= 4 is 23.6 Å². The molecule has 1 atom stereocenters. The van der Waals surface area contributed by atoms with Crippen molar-refractivity contribution in [3.63, 3.8) is 0 Å². The van der Waals surface area contributed by atoms with Gasteiger partial charge in [-0.2, -0.15) is 0 Å². The summed E-state index contributed by atoms with van der Waals surface area (Å²) in [6, 6.07) is 13.2. The number of carbonyl (C=O) groups is 1. The van der Waals surface area contributed by atoms with Gasteiger partial charge < -0.3 is 10.0 Å². The minimum Gasteiger partial charge on any atom is -0.478 e. The molecule has 0 saturated carbocycles. The van der Waals surface area contributed by atoms with Crippen LogP contribution in [0.5, 0.6) is 0 Å². The van der Waals surface area contributed by atoms with Crippen LogP contribution in [0.15, 0.2) is 47.5 Å². The lowest BCUT2D eigenvalue weighted by molar-refractivity contribution is 0.0697. The van der Waals surface area contributed by atoms with Crippen molar-refractivity contribution in [2.45, 2.75) is 52.0 Å². The van der Waals surface area contributed by atoms with E-state index in [0.717, 1.165) is 30.6 Å². The molecule has 3 rings (SSSR count). The molecule has 1 N–H and O–H groups in total. The summed E-state index contributed by atoms with van der Waals surface area (Å²) in [4.78, 5) is 18.0. The Hall–Kier alpha value is -2.62. The van der Waals surface area contributed by atoms with Crippen molar-refractivity contribution in [1.82, 2.24) is 0 Å². The predicted octanol–water partition coefficient (Wildman–Crippen LogP) is 5.64. The number of rotatable bonds is 5. The molecule has 0 fully saturated rings. The molecule has 0 spiro atoms. The van der Waals surface area contributed by atoms with Crippen LogP contribution in [0.3, 0.4) is 0 Å². The Morgan fingerprint density at radius 2 is 1.96 bits per heavy atom. The third kappa shape index (κ3) is 4.05. The topological polar surface area (TPSA) is 52.9 Å². The zero-order valence-electron chi connectivity index (χ0n) is 16.6. The molecule has 0 aromatic heterocycles. The maximum atomic E-state index is 10.9. The quantitative estimate of drug-likeness (QED) is 0.699. The minimum absolute atomic E-state index is 0.171. The summed E-state index contributed by atoms with van der Waals surface area (Å²) < 4.78 is 0. The Morgan fingerprint density at radius 3 is 2.59 bits per heavy atom. The van der Waals surface area contributed by atoms with Gasteiger partial charge in [0, 0.05) is 24.0 Å². The van der Waals surface area contributed by atoms with Crippen LogP contribution in [0, 0.1) is 0 Å². The van der Waals surface area contributed by atoms with Gasteiger partial charge >= 0.3 is 5.97 Å². The van der Waals surface area contributed by atoms with Crippen LogP contribution in [0.4, 0.5) is 11.4 Å². The van der Waals surface area contributed by atoms with Crippen molar-refractivity contribution in [3.8, 4) is 0 Å². The fourth-order valence-electron chi connectivity index (χ4n) is 4.08. The van der Waals surface area contributed by atoms with Crippen LogP contribution in [0.25, 0.3) is 0 Å². The van der Waals surface area contributed by atoms with Gasteiger partial charge in [-0.25, -0.2) is 4.79 Å². The van der Waals surface area contributed by atoms with Gasteiger partial charge in [-0.15, -0.1) is 0 Å². The lowest BCUT2D eigenvalue weighted by Crippen LogP contribution is -2.48. The summed E-state index contributed by atoms with van der Waals surface area (Å²) >= 11 is 0. The fourth-order valence-corrected chi connectivity index (χ4v) is 4.08. The summed E-state index contributed by atoms with van der Waals surface area (Å²) in [6.45, 7) is 10.3. The Labute approximate surface area is 161 Å². The lowest BCUT2D eigenvalue weighted by atomic mass is 9.79. The molecular formula is C23H28N2O2. The fraction of sp³-hybridized carbons (Fsp3) is 0.391. The normalized spacial score (nSPS) is 18.5. The smallest absolute Gasteiger partial charge is 0.335 e. The molecule has 4 nitrogen and oxygen atoms in total. The van der Waals surface area contributed by atoms with E-state index < -0.39 is 5.97 Å². The highest BCUT2D eigenvalue weighted by Gasteiger charge is 2.35. The number of anilines is 1. The summed E-state index contributed by atoms with van der Waals surface area (Å²) in [5, 5.41) is 8.98. The summed E-state index contributed by atoms with van der Waals surface area (Å²) in [6.07, 6.45) is 4.12. The first-order chi connectivity index (χ1) is 12.8. The first kappa shape index (κ1) is 19.2. The molecule has 1 aliphatic heterocycles. The number of hydrogen-bond acceptors (Lipinski definition) is 3. The highest BCUT2D eigenvalue weighted by atomic mass is 16.4. The van der Waals surface area contributed by atoms with Gasteiger partial charge in [-0.1, -0.05) is 19.9 Å². The van der Waals surface area contributed by atoms with Crippen molar-refractivity contribution in [2.75, 3.05) is 11.4 Å². The first-order valence-electron chi connectivity index (χ1n) is 9.61. The molecule has 0 saturated heterocycles. The number of aliphatic imine (C=N–C) groups is 1. The molecular weight excluding hydrogens is 336 g/mol. The highest BCUT2D eigenvalue weighted by molar-refractivity contribution is 5.88. The molecule has 4 heteroatoms. The molecule has 0 bridgehead atoms. The van der Waals surface area contributed by atoms with E-state index in [-0.39, 0.29) is 11.1 Å². The Bertz CT molecular complexity index is 853. The van der Waals surface area contributed by atoms with Gasteiger partial charge in [0.05, 0.1) is 11.3 Å². The number of carboxylic acid groups (broad SMARTS) is 1. The van der Waals surface area contributed by atoms with Crippen molar-refractivity contribution < 1.29 is 9.90 Å². The molecule has 1 unspecified atom stereocenters. The molecule has 2 aromatic carbocycles. The van der Waals surface area contributed by atoms with E-state index in [0.29, 0.717) is 5.92 Å². The first-order valence-corrected chi connectivity index (χ1v) is 9.61. The Balaban J connectivity index is 1.87. The van der Waals surface area contributed by atoms with E-state index in [1.54, 1.807) is 24.3 Å². The number of benzene rings is 2. The SMILES string of the molecule is CCCN1c2ccc(C=Nc3ccc(C(=O)O)cc3)cc2C(C)CC1(C)C. The van der Waals surface area contributed by atoms with Crippen LogP contribution >= 0.6 is 0 Å². The number of aromatic carboxylic acids is 1. The second-order valence-electron chi connectivity index (χ2n) is 8.00. The van der Waals surface area contributed by atoms with Gasteiger partial charge in [0.2, 0.25) is 0 Å². The van der Waals surface area contributed by atoms with Crippen LogP contribution in [0.1, 0.15) is 67.9 Å². The monoisotopic (exact) mass is 364 g/mol. The second-order valence-corrected chi connectivity index (χ2v) is 8.00. The van der Waals surface area contributed by atoms with E-state index in [2.05, 4.69) is 55.8 Å². The zero-order valence-corrected chi connectivity index (χ0v) is 16.6. The highest BCUT2D eigenvalue weighted by Crippen LogP contribution is 2.43. The van der Waals surface area contributed by atoms with Crippen LogP contribution < -0.4 is 4.90 Å². The molecule has 1 heterocycles. The summed E-state index contributed by atoms with van der Waals surface area (Å²) in [5.74, 6) is -0.417. The second kappa shape index (κ2) is 7.55. The number of fused-ring (bicyclic) bond motifs is 1. The largest absolute Gasteiger partial charge is 0.478 e. The molecule has 0 radical (unpaired) electrons. The third-order valence-electron chi connectivity index (χ3n) is 5.33. The molecule has 0 aliphatic carbocycles. The van der Waals surface area contributed by atoms with Gasteiger partial charge in [0.25, 0.3) is 0 Å². The van der Waals surface area contributed by atoms with Crippen LogP contribution in [0.2, 0.25) is 0 Å². The third-order valence-corrected chi connectivity index (χ3v) is 5.33. The zero-order chi connectivity index (χ0) is 19.6.